The van der Waals surface area contributed by atoms with Crippen molar-refractivity contribution in [2.45, 2.75) is 24.0 Å². The fourth-order valence-corrected chi connectivity index (χ4v) is 4.58. The number of nitrogens with zero attached hydrogens (tertiary/aromatic N) is 1. The van der Waals surface area contributed by atoms with Crippen molar-refractivity contribution >= 4 is 23.8 Å². The first-order chi connectivity index (χ1) is 15.3. The summed E-state index contributed by atoms with van der Waals surface area (Å²) in [5.41, 5.74) is 3.54. The number of allylic oxidation sites excluding steroid dienone is 4. The van der Waals surface area contributed by atoms with Gasteiger partial charge in [0, 0.05) is 17.3 Å². The predicted molar refractivity (Wildman–Crippen MR) is 132 cm³/mol. The average Bonchev–Trinajstić information content (AvgIpc) is 2.75. The molecule has 4 heteroatoms. The standard InChI is InChI=1S/C28H26ClNO2/c1-30(2)20-22-7-5-21(6-8-22)4-3-13-28-15-14-27(32,16-17-29)19-24(28)10-9-23-18-25(31)11-12-26(23)28/h3-12,14-15,18-19,31-32H,13,20H2,1-2H3. The third-order valence-corrected chi connectivity index (χ3v) is 6.04. The molecule has 3 nitrogen and oxygen atoms in total. The van der Waals surface area contributed by atoms with Crippen LogP contribution in [0.15, 0.2) is 78.4 Å². The lowest BCUT2D eigenvalue weighted by Gasteiger charge is -2.40. The van der Waals surface area contributed by atoms with Crippen molar-refractivity contribution in [3.05, 3.63) is 101 Å². The lowest BCUT2D eigenvalue weighted by Crippen LogP contribution is -2.36. The van der Waals surface area contributed by atoms with E-state index in [1.807, 2.05) is 24.3 Å². The number of phenols is 1. The Morgan fingerprint density at radius 3 is 2.56 bits per heavy atom. The molecule has 0 fully saturated rings. The second-order valence-electron chi connectivity index (χ2n) is 8.64. The third-order valence-electron chi connectivity index (χ3n) is 5.95. The molecule has 0 amide bonds. The lowest BCUT2D eigenvalue weighted by atomic mass is 9.64. The number of halogens is 1. The van der Waals surface area contributed by atoms with Crippen molar-refractivity contribution in [3.63, 3.8) is 0 Å². The minimum atomic E-state index is -1.40. The van der Waals surface area contributed by atoms with E-state index in [1.165, 1.54) is 5.56 Å². The number of benzene rings is 2. The largest absolute Gasteiger partial charge is 0.508 e. The Labute approximate surface area is 194 Å². The Bertz CT molecular complexity index is 1190. The summed E-state index contributed by atoms with van der Waals surface area (Å²) >= 11 is 5.58. The van der Waals surface area contributed by atoms with Crippen LogP contribution in [0, 0.1) is 11.3 Å². The number of fused-ring (bicyclic) bond motifs is 3. The molecule has 0 radical (unpaired) electrons. The van der Waals surface area contributed by atoms with Gasteiger partial charge in [-0.25, -0.2) is 0 Å². The van der Waals surface area contributed by atoms with Gasteiger partial charge in [0.05, 0.1) is 0 Å². The summed E-state index contributed by atoms with van der Waals surface area (Å²) in [6, 6.07) is 14.0. The zero-order valence-electron chi connectivity index (χ0n) is 18.2. The van der Waals surface area contributed by atoms with Crippen molar-refractivity contribution in [1.82, 2.24) is 4.90 Å². The zero-order valence-corrected chi connectivity index (χ0v) is 19.0. The van der Waals surface area contributed by atoms with E-state index < -0.39 is 11.0 Å². The predicted octanol–water partition coefficient (Wildman–Crippen LogP) is 5.25. The second kappa shape index (κ2) is 8.84. The molecule has 0 aromatic heterocycles. The molecule has 0 heterocycles. The van der Waals surface area contributed by atoms with Crippen LogP contribution in [-0.2, 0) is 12.0 Å². The third kappa shape index (κ3) is 4.45. The highest BCUT2D eigenvalue weighted by atomic mass is 35.5. The van der Waals surface area contributed by atoms with E-state index in [0.717, 1.165) is 28.8 Å². The van der Waals surface area contributed by atoms with Crippen molar-refractivity contribution in [1.29, 1.82) is 0 Å². The highest BCUT2D eigenvalue weighted by Crippen LogP contribution is 2.47. The fraction of sp³-hybridized carbons (Fsp3) is 0.214. The first kappa shape index (κ1) is 22.2. The normalized spacial score (nSPS) is 23.5. The molecule has 2 aliphatic carbocycles. The van der Waals surface area contributed by atoms with Gasteiger partial charge in [-0.1, -0.05) is 60.7 Å². The molecule has 162 valence electrons. The van der Waals surface area contributed by atoms with E-state index >= 15 is 0 Å². The molecule has 2 atom stereocenters. The maximum absolute atomic E-state index is 10.8. The van der Waals surface area contributed by atoms with E-state index in [9.17, 15) is 10.2 Å². The van der Waals surface area contributed by atoms with Crippen LogP contribution in [0.1, 0.15) is 28.7 Å². The molecule has 2 aliphatic rings. The van der Waals surface area contributed by atoms with Crippen molar-refractivity contribution in [2.24, 2.45) is 0 Å². The topological polar surface area (TPSA) is 43.7 Å². The maximum atomic E-state index is 10.8. The Hall–Kier alpha value is -3.03. The fourth-order valence-electron chi connectivity index (χ4n) is 4.42. The van der Waals surface area contributed by atoms with E-state index in [0.29, 0.717) is 6.42 Å². The van der Waals surface area contributed by atoms with Crippen molar-refractivity contribution in [3.8, 4) is 17.0 Å². The minimum absolute atomic E-state index is 0.230. The molecule has 2 unspecified atom stereocenters. The Kier molecular flexibility index (Phi) is 6.13. The van der Waals surface area contributed by atoms with Crippen molar-refractivity contribution < 1.29 is 10.2 Å². The van der Waals surface area contributed by atoms with Gasteiger partial charge >= 0.3 is 0 Å². The quantitative estimate of drug-likeness (QED) is 0.490. The molecule has 4 rings (SSSR count). The molecule has 0 saturated heterocycles. The van der Waals surface area contributed by atoms with Gasteiger partial charge in [-0.2, -0.15) is 0 Å². The molecule has 2 aromatic rings. The molecule has 0 aliphatic heterocycles. The van der Waals surface area contributed by atoms with Crippen LogP contribution < -0.4 is 0 Å². The number of hydrogen-bond acceptors (Lipinski definition) is 3. The summed E-state index contributed by atoms with van der Waals surface area (Å²) in [7, 11) is 4.12. The van der Waals surface area contributed by atoms with Gasteiger partial charge in [0.1, 0.15) is 5.75 Å². The van der Waals surface area contributed by atoms with Crippen LogP contribution in [-0.4, -0.2) is 34.8 Å². The number of aromatic hydroxyl groups is 1. The summed E-state index contributed by atoms with van der Waals surface area (Å²) in [6.45, 7) is 0.913. The van der Waals surface area contributed by atoms with E-state index in [1.54, 1.807) is 24.3 Å². The molecule has 32 heavy (non-hydrogen) atoms. The molecule has 0 bridgehead atoms. The molecule has 2 aromatic carbocycles. The highest BCUT2D eigenvalue weighted by molar-refractivity contribution is 6.30. The van der Waals surface area contributed by atoms with Crippen molar-refractivity contribution in [2.75, 3.05) is 14.1 Å². The SMILES string of the molecule is CN(C)Cc1ccc(C=CCC23C=CC(O)(C#CCl)C=C2C=Cc2cc(O)ccc23)cc1. The summed E-state index contributed by atoms with van der Waals surface area (Å²) in [6.07, 6.45) is 14.4. The number of rotatable bonds is 5. The van der Waals surface area contributed by atoms with Gasteiger partial charge in [0.2, 0.25) is 0 Å². The van der Waals surface area contributed by atoms with Crippen LogP contribution in [0.25, 0.3) is 12.2 Å². The molecule has 2 N–H and O–H groups in total. The van der Waals surface area contributed by atoms with Gasteiger partial charge in [-0.05, 0) is 90.1 Å². The summed E-state index contributed by atoms with van der Waals surface area (Å²) in [5.74, 6) is 2.89. The van der Waals surface area contributed by atoms with Gasteiger partial charge in [-0.3, -0.25) is 0 Å². The Balaban J connectivity index is 1.67. The van der Waals surface area contributed by atoms with Gasteiger partial charge in [-0.15, -0.1) is 0 Å². The summed E-state index contributed by atoms with van der Waals surface area (Å²) < 4.78 is 0. The lowest BCUT2D eigenvalue weighted by molar-refractivity contribution is 0.199. The molecular formula is C28H26ClNO2. The Morgan fingerprint density at radius 2 is 1.84 bits per heavy atom. The van der Waals surface area contributed by atoms with Crippen LogP contribution in [0.2, 0.25) is 0 Å². The first-order valence-electron chi connectivity index (χ1n) is 10.5. The molecule has 0 spiro atoms. The number of aliphatic hydroxyl groups is 1. The summed E-state index contributed by atoms with van der Waals surface area (Å²) in [4.78, 5) is 2.15. The number of phenolic OH excluding ortho intramolecular Hbond substituents is 1. The van der Waals surface area contributed by atoms with E-state index in [2.05, 4.69) is 66.7 Å². The smallest absolute Gasteiger partial charge is 0.164 e. The van der Waals surface area contributed by atoms with Gasteiger partial charge in [0.25, 0.3) is 0 Å². The minimum Gasteiger partial charge on any atom is -0.508 e. The monoisotopic (exact) mass is 443 g/mol. The van der Waals surface area contributed by atoms with E-state index in [-0.39, 0.29) is 5.75 Å². The number of hydrogen-bond donors (Lipinski definition) is 2. The second-order valence-corrected chi connectivity index (χ2v) is 8.83. The molecular weight excluding hydrogens is 418 g/mol. The van der Waals surface area contributed by atoms with Gasteiger partial charge < -0.3 is 15.1 Å². The zero-order chi connectivity index (χ0) is 22.8. The van der Waals surface area contributed by atoms with Gasteiger partial charge in [0.15, 0.2) is 5.60 Å². The Morgan fingerprint density at radius 1 is 1.06 bits per heavy atom. The highest BCUT2D eigenvalue weighted by Gasteiger charge is 2.40. The average molecular weight is 444 g/mol. The van der Waals surface area contributed by atoms with E-state index in [4.69, 9.17) is 11.6 Å². The van der Waals surface area contributed by atoms with Crippen LogP contribution in [0.4, 0.5) is 0 Å². The molecule has 0 saturated carbocycles. The van der Waals surface area contributed by atoms with Crippen LogP contribution in [0.3, 0.4) is 0 Å². The first-order valence-corrected chi connectivity index (χ1v) is 10.9. The van der Waals surface area contributed by atoms with Crippen LogP contribution in [0.5, 0.6) is 5.75 Å². The van der Waals surface area contributed by atoms with Crippen LogP contribution >= 0.6 is 11.6 Å². The summed E-state index contributed by atoms with van der Waals surface area (Å²) in [5, 5.41) is 23.1. The maximum Gasteiger partial charge on any atom is 0.164 e.